The highest BCUT2D eigenvalue weighted by atomic mass is 16.4. The molecule has 0 aliphatic heterocycles. The van der Waals surface area contributed by atoms with E-state index < -0.39 is 23.9 Å². The second kappa shape index (κ2) is 7.72. The number of aliphatic carboxylic acids is 1. The highest BCUT2D eigenvalue weighted by molar-refractivity contribution is 5.83. The number of carboxylic acids is 1. The lowest BCUT2D eigenvalue weighted by Crippen LogP contribution is -2.47. The minimum Gasteiger partial charge on any atom is -0.480 e. The molecule has 7 nitrogen and oxygen atoms in total. The first-order valence-electron chi connectivity index (χ1n) is 6.94. The van der Waals surface area contributed by atoms with Crippen LogP contribution in [0, 0.1) is 11.8 Å². The molecular formula is C13H23N3O4. The molecule has 0 radical (unpaired) electrons. The van der Waals surface area contributed by atoms with Crippen molar-refractivity contribution in [1.82, 2.24) is 10.6 Å². The van der Waals surface area contributed by atoms with Gasteiger partial charge in [-0.05, 0) is 31.1 Å². The van der Waals surface area contributed by atoms with Crippen LogP contribution in [0.3, 0.4) is 0 Å². The maximum atomic E-state index is 11.6. The van der Waals surface area contributed by atoms with E-state index in [4.69, 9.17) is 10.8 Å². The quantitative estimate of drug-likeness (QED) is 0.542. The summed E-state index contributed by atoms with van der Waals surface area (Å²) in [5, 5.41) is 14.0. The van der Waals surface area contributed by atoms with Gasteiger partial charge in [0, 0.05) is 13.0 Å². The van der Waals surface area contributed by atoms with E-state index in [1.165, 1.54) is 6.42 Å². The highest BCUT2D eigenvalue weighted by Gasteiger charge is 2.23. The summed E-state index contributed by atoms with van der Waals surface area (Å²) in [6.07, 6.45) is 3.27. The van der Waals surface area contributed by atoms with Crippen molar-refractivity contribution in [2.75, 3.05) is 6.54 Å². The maximum Gasteiger partial charge on any atom is 0.326 e. The second-order valence-electron chi connectivity index (χ2n) is 5.53. The number of carboxylic acid groups (broad SMARTS) is 1. The molecule has 3 atom stereocenters. The fourth-order valence-electron chi connectivity index (χ4n) is 2.50. The topological polar surface area (TPSA) is 122 Å². The maximum absolute atomic E-state index is 11.6. The van der Waals surface area contributed by atoms with E-state index in [0.29, 0.717) is 18.4 Å². The van der Waals surface area contributed by atoms with Gasteiger partial charge in [-0.1, -0.05) is 13.3 Å². The molecule has 0 aromatic heterocycles. The van der Waals surface area contributed by atoms with E-state index in [0.717, 1.165) is 12.8 Å². The molecule has 0 heterocycles. The Labute approximate surface area is 118 Å². The predicted octanol–water partition coefficient (Wildman–Crippen LogP) is 0.441. The van der Waals surface area contributed by atoms with Crippen LogP contribution in [0.5, 0.6) is 0 Å². The molecule has 1 rings (SSSR count). The van der Waals surface area contributed by atoms with E-state index in [9.17, 15) is 14.4 Å². The average molecular weight is 285 g/mol. The Morgan fingerprint density at radius 2 is 2.05 bits per heavy atom. The van der Waals surface area contributed by atoms with Crippen molar-refractivity contribution in [3.8, 4) is 0 Å². The van der Waals surface area contributed by atoms with E-state index in [-0.39, 0.29) is 12.8 Å². The summed E-state index contributed by atoms with van der Waals surface area (Å²) in [4.78, 5) is 33.2. The Hall–Kier alpha value is -1.79. The van der Waals surface area contributed by atoms with Gasteiger partial charge >= 0.3 is 12.0 Å². The first kappa shape index (κ1) is 16.3. The van der Waals surface area contributed by atoms with Crippen LogP contribution in [0.25, 0.3) is 0 Å². The summed E-state index contributed by atoms with van der Waals surface area (Å²) >= 11 is 0. The van der Waals surface area contributed by atoms with Gasteiger partial charge < -0.3 is 21.5 Å². The lowest BCUT2D eigenvalue weighted by atomic mass is 10.1. The van der Waals surface area contributed by atoms with Crippen molar-refractivity contribution in [1.29, 1.82) is 0 Å². The fraction of sp³-hybridized carbons (Fsp3) is 0.769. The molecule has 0 spiro atoms. The SMILES string of the molecule is CC1CCC(CNC(=O)N[C@H](CCC(N)=O)C(=O)O)C1. The number of urea groups is 1. The molecule has 5 N–H and O–H groups in total. The molecule has 1 fully saturated rings. The smallest absolute Gasteiger partial charge is 0.326 e. The number of hydrogen-bond donors (Lipinski definition) is 4. The van der Waals surface area contributed by atoms with Crippen LogP contribution in [0.4, 0.5) is 4.79 Å². The number of primary amides is 1. The summed E-state index contributed by atoms with van der Waals surface area (Å²) in [6, 6.07) is -1.61. The number of carbonyl (C=O) groups is 3. The van der Waals surface area contributed by atoms with Gasteiger partial charge in [0.25, 0.3) is 0 Å². The van der Waals surface area contributed by atoms with Crippen LogP contribution in [-0.4, -0.2) is 35.6 Å². The van der Waals surface area contributed by atoms with Gasteiger partial charge in [-0.3, -0.25) is 4.79 Å². The van der Waals surface area contributed by atoms with Crippen LogP contribution in [0.2, 0.25) is 0 Å². The van der Waals surface area contributed by atoms with Gasteiger partial charge in [-0.15, -0.1) is 0 Å². The number of carbonyl (C=O) groups excluding carboxylic acids is 2. The lowest BCUT2D eigenvalue weighted by molar-refractivity contribution is -0.139. The lowest BCUT2D eigenvalue weighted by Gasteiger charge is -2.16. The Morgan fingerprint density at radius 3 is 2.55 bits per heavy atom. The molecular weight excluding hydrogens is 262 g/mol. The third kappa shape index (κ3) is 5.90. The zero-order valence-electron chi connectivity index (χ0n) is 11.7. The van der Waals surface area contributed by atoms with Crippen LogP contribution < -0.4 is 16.4 Å². The molecule has 1 aliphatic rings. The van der Waals surface area contributed by atoms with Gasteiger partial charge in [-0.2, -0.15) is 0 Å². The highest BCUT2D eigenvalue weighted by Crippen LogP contribution is 2.29. The fourth-order valence-corrected chi connectivity index (χ4v) is 2.50. The van der Waals surface area contributed by atoms with Crippen molar-refractivity contribution >= 4 is 17.9 Å². The number of amides is 3. The van der Waals surface area contributed by atoms with Crippen molar-refractivity contribution in [2.45, 2.75) is 45.1 Å². The molecule has 3 amide bonds. The summed E-state index contributed by atoms with van der Waals surface area (Å²) in [5.74, 6) is -0.605. The monoisotopic (exact) mass is 285 g/mol. The first-order valence-corrected chi connectivity index (χ1v) is 6.94. The first-order chi connectivity index (χ1) is 9.38. The molecule has 114 valence electrons. The Bertz CT molecular complexity index is 373. The summed E-state index contributed by atoms with van der Waals surface area (Å²) in [5.41, 5.74) is 4.97. The zero-order valence-corrected chi connectivity index (χ0v) is 11.7. The largest absolute Gasteiger partial charge is 0.480 e. The number of nitrogens with one attached hydrogen (secondary N) is 2. The van der Waals surface area contributed by atoms with Gasteiger partial charge in [0.05, 0.1) is 0 Å². The van der Waals surface area contributed by atoms with Crippen LogP contribution in [0.1, 0.15) is 39.0 Å². The van der Waals surface area contributed by atoms with Crippen LogP contribution in [0.15, 0.2) is 0 Å². The van der Waals surface area contributed by atoms with Crippen LogP contribution in [-0.2, 0) is 9.59 Å². The molecule has 7 heteroatoms. The van der Waals surface area contributed by atoms with Gasteiger partial charge in [0.15, 0.2) is 0 Å². The van der Waals surface area contributed by atoms with Crippen molar-refractivity contribution < 1.29 is 19.5 Å². The summed E-state index contributed by atoms with van der Waals surface area (Å²) in [7, 11) is 0. The normalized spacial score (nSPS) is 23.1. The van der Waals surface area contributed by atoms with E-state index >= 15 is 0 Å². The summed E-state index contributed by atoms with van der Waals surface area (Å²) < 4.78 is 0. The molecule has 1 saturated carbocycles. The molecule has 0 saturated heterocycles. The molecule has 0 aromatic rings. The van der Waals surface area contributed by atoms with Crippen molar-refractivity contribution in [2.24, 2.45) is 17.6 Å². The van der Waals surface area contributed by atoms with Crippen molar-refractivity contribution in [3.05, 3.63) is 0 Å². The second-order valence-corrected chi connectivity index (χ2v) is 5.53. The molecule has 2 unspecified atom stereocenters. The average Bonchev–Trinajstić information content (AvgIpc) is 2.77. The molecule has 0 bridgehead atoms. The van der Waals surface area contributed by atoms with Gasteiger partial charge in [0.2, 0.25) is 5.91 Å². The summed E-state index contributed by atoms with van der Waals surface area (Å²) in [6.45, 7) is 2.74. The number of hydrogen-bond acceptors (Lipinski definition) is 3. The predicted molar refractivity (Wildman–Crippen MR) is 72.9 cm³/mol. The van der Waals surface area contributed by atoms with Gasteiger partial charge in [0.1, 0.15) is 6.04 Å². The van der Waals surface area contributed by atoms with E-state index in [1.54, 1.807) is 0 Å². The zero-order chi connectivity index (χ0) is 15.1. The van der Waals surface area contributed by atoms with Crippen molar-refractivity contribution in [3.63, 3.8) is 0 Å². The van der Waals surface area contributed by atoms with Gasteiger partial charge in [-0.25, -0.2) is 9.59 Å². The van der Waals surface area contributed by atoms with E-state index in [1.807, 2.05) is 0 Å². The standard InChI is InChI=1S/C13H23N3O4/c1-8-2-3-9(6-8)7-15-13(20)16-10(12(18)19)4-5-11(14)17/h8-10H,2-7H2,1H3,(H2,14,17)(H,18,19)(H2,15,16,20)/t8?,9?,10-/m1/s1. The Balaban J connectivity index is 2.30. The molecule has 0 aromatic carbocycles. The molecule has 20 heavy (non-hydrogen) atoms. The minimum absolute atomic E-state index is 0.00144. The number of nitrogens with two attached hydrogens (primary N) is 1. The van der Waals surface area contributed by atoms with E-state index in [2.05, 4.69) is 17.6 Å². The minimum atomic E-state index is -1.17. The Morgan fingerprint density at radius 1 is 1.35 bits per heavy atom. The van der Waals surface area contributed by atoms with Crippen LogP contribution >= 0.6 is 0 Å². The third-order valence-electron chi connectivity index (χ3n) is 3.64. The molecule has 1 aliphatic carbocycles. The third-order valence-corrected chi connectivity index (χ3v) is 3.64. The Kier molecular flexibility index (Phi) is 6.27. The number of rotatable bonds is 7.